The summed E-state index contributed by atoms with van der Waals surface area (Å²) in [4.78, 5) is 8.12. The highest BCUT2D eigenvalue weighted by atomic mass is 32.1. The lowest BCUT2D eigenvalue weighted by atomic mass is 9.95. The van der Waals surface area contributed by atoms with Crippen LogP contribution in [0.2, 0.25) is 0 Å². The second-order valence-corrected chi connectivity index (χ2v) is 8.33. The van der Waals surface area contributed by atoms with Crippen LogP contribution in [0, 0.1) is 5.92 Å². The zero-order valence-electron chi connectivity index (χ0n) is 17.1. The van der Waals surface area contributed by atoms with Crippen LogP contribution >= 0.6 is 11.3 Å². The Morgan fingerprint density at radius 3 is 2.31 bits per heavy atom. The van der Waals surface area contributed by atoms with E-state index in [1.165, 1.54) is 22.2 Å². The van der Waals surface area contributed by atoms with Gasteiger partial charge in [0.05, 0.1) is 32.2 Å². The van der Waals surface area contributed by atoms with E-state index >= 15 is 0 Å². The van der Waals surface area contributed by atoms with Crippen LogP contribution in [0.1, 0.15) is 36.2 Å². The number of hydrogen-bond donors (Lipinski definition) is 1. The number of methoxy groups -OCH3 is 3. The third-order valence-electron chi connectivity index (χ3n) is 5.57. The van der Waals surface area contributed by atoms with Crippen molar-refractivity contribution in [2.45, 2.75) is 25.8 Å². The van der Waals surface area contributed by atoms with Crippen LogP contribution in [0.4, 0.5) is 0 Å². The molecule has 156 valence electrons. The SMILES string of the molecule is COc1cc([C@@H](c2sc3ncnn3c2O)N2CCC(C)CC2)cc(OC)c1OC. The first-order valence-electron chi connectivity index (χ1n) is 9.62. The van der Waals surface area contributed by atoms with Gasteiger partial charge in [-0.3, -0.25) is 4.90 Å². The largest absolute Gasteiger partial charge is 0.493 e. The molecule has 3 aromatic rings. The maximum atomic E-state index is 10.9. The normalized spacial score (nSPS) is 16.8. The molecule has 0 saturated carbocycles. The minimum Gasteiger partial charge on any atom is -0.493 e. The topological polar surface area (TPSA) is 81.4 Å². The summed E-state index contributed by atoms with van der Waals surface area (Å²) in [6.07, 6.45) is 3.68. The highest BCUT2D eigenvalue weighted by Gasteiger charge is 2.32. The fraction of sp³-hybridized carbons (Fsp3) is 0.500. The van der Waals surface area contributed by atoms with Gasteiger partial charge >= 0.3 is 0 Å². The van der Waals surface area contributed by atoms with E-state index in [1.54, 1.807) is 21.3 Å². The van der Waals surface area contributed by atoms with Crippen LogP contribution < -0.4 is 14.2 Å². The maximum absolute atomic E-state index is 10.9. The van der Waals surface area contributed by atoms with Gasteiger partial charge in [0.25, 0.3) is 0 Å². The number of benzene rings is 1. The molecule has 1 aromatic carbocycles. The molecule has 0 aliphatic carbocycles. The molecule has 9 heteroatoms. The number of piperidine rings is 1. The van der Waals surface area contributed by atoms with E-state index in [4.69, 9.17) is 14.2 Å². The third-order valence-corrected chi connectivity index (χ3v) is 6.66. The molecule has 1 atom stereocenters. The van der Waals surface area contributed by atoms with Gasteiger partial charge in [-0.2, -0.15) is 9.61 Å². The minimum atomic E-state index is -0.162. The molecule has 1 saturated heterocycles. The molecule has 4 rings (SSSR count). The molecule has 8 nitrogen and oxygen atoms in total. The second-order valence-electron chi connectivity index (χ2n) is 7.32. The van der Waals surface area contributed by atoms with Crippen LogP contribution in [0.3, 0.4) is 0 Å². The smallest absolute Gasteiger partial charge is 0.230 e. The minimum absolute atomic E-state index is 0.125. The first kappa shape index (κ1) is 19.8. The van der Waals surface area contributed by atoms with Gasteiger partial charge < -0.3 is 19.3 Å². The molecule has 1 fully saturated rings. The van der Waals surface area contributed by atoms with E-state index in [0.717, 1.165) is 36.4 Å². The lowest BCUT2D eigenvalue weighted by molar-refractivity contribution is 0.157. The Bertz CT molecular complexity index is 969. The summed E-state index contributed by atoms with van der Waals surface area (Å²) in [5.41, 5.74) is 0.967. The standard InChI is InChI=1S/C20H26N4O4S/c1-12-5-7-23(8-6-12)16(18-19(25)24-20(29-18)21-11-22-24)13-9-14(26-2)17(28-4)15(10-13)27-3/h9-12,16,25H,5-8H2,1-4H3/t16-/m0/s1. The van der Waals surface area contributed by atoms with E-state index in [2.05, 4.69) is 21.9 Å². The summed E-state index contributed by atoms with van der Waals surface area (Å²) < 4.78 is 18.1. The van der Waals surface area contributed by atoms with Crippen LogP contribution in [0.15, 0.2) is 18.5 Å². The number of nitrogens with zero attached hydrogens (tertiary/aromatic N) is 4. The summed E-state index contributed by atoms with van der Waals surface area (Å²) in [5.74, 6) is 2.56. The Labute approximate surface area is 173 Å². The predicted octanol–water partition coefficient (Wildman–Crippen LogP) is 3.34. The summed E-state index contributed by atoms with van der Waals surface area (Å²) in [6, 6.07) is 3.75. The Balaban J connectivity index is 1.86. The quantitative estimate of drug-likeness (QED) is 0.657. The van der Waals surface area contributed by atoms with Crippen LogP contribution in [-0.2, 0) is 0 Å². The van der Waals surface area contributed by atoms with E-state index in [1.807, 2.05) is 12.1 Å². The molecular weight excluding hydrogens is 392 g/mol. The summed E-state index contributed by atoms with van der Waals surface area (Å²) in [6.45, 7) is 4.16. The van der Waals surface area contributed by atoms with Crippen molar-refractivity contribution in [1.29, 1.82) is 0 Å². The number of hydrogen-bond acceptors (Lipinski definition) is 8. The molecule has 0 amide bonds. The zero-order chi connectivity index (χ0) is 20.5. The number of thiazole rings is 1. The number of likely N-dealkylation sites (tertiary alicyclic amines) is 1. The van der Waals surface area contributed by atoms with Gasteiger partial charge in [0, 0.05) is 0 Å². The molecule has 3 heterocycles. The van der Waals surface area contributed by atoms with Crippen molar-refractivity contribution in [3.05, 3.63) is 28.9 Å². The zero-order valence-corrected chi connectivity index (χ0v) is 17.9. The number of aromatic nitrogens is 3. The molecule has 0 unspecified atom stereocenters. The van der Waals surface area contributed by atoms with Crippen molar-refractivity contribution in [1.82, 2.24) is 19.5 Å². The van der Waals surface area contributed by atoms with Crippen molar-refractivity contribution in [3.8, 4) is 23.1 Å². The average molecular weight is 419 g/mol. The third kappa shape index (κ3) is 3.49. The Kier molecular flexibility index (Phi) is 5.51. The number of rotatable bonds is 6. The van der Waals surface area contributed by atoms with Crippen LogP contribution in [0.5, 0.6) is 23.1 Å². The predicted molar refractivity (Wildman–Crippen MR) is 110 cm³/mol. The highest BCUT2D eigenvalue weighted by molar-refractivity contribution is 7.17. The van der Waals surface area contributed by atoms with Gasteiger partial charge in [-0.25, -0.2) is 4.98 Å². The van der Waals surface area contributed by atoms with Crippen molar-refractivity contribution in [2.24, 2.45) is 5.92 Å². The van der Waals surface area contributed by atoms with Gasteiger partial charge in [-0.15, -0.1) is 0 Å². The van der Waals surface area contributed by atoms with Crippen molar-refractivity contribution in [3.63, 3.8) is 0 Å². The molecule has 1 aliphatic rings. The average Bonchev–Trinajstić information content (AvgIpc) is 3.32. The lowest BCUT2D eigenvalue weighted by Gasteiger charge is -2.36. The summed E-state index contributed by atoms with van der Waals surface area (Å²) in [7, 11) is 4.81. The first-order valence-corrected chi connectivity index (χ1v) is 10.4. The van der Waals surface area contributed by atoms with E-state index in [-0.39, 0.29) is 11.9 Å². The summed E-state index contributed by atoms with van der Waals surface area (Å²) >= 11 is 1.45. The number of fused-ring (bicyclic) bond motifs is 1. The highest BCUT2D eigenvalue weighted by Crippen LogP contribution is 2.46. The molecule has 1 aliphatic heterocycles. The molecule has 2 aromatic heterocycles. The van der Waals surface area contributed by atoms with E-state index in [9.17, 15) is 5.11 Å². The maximum Gasteiger partial charge on any atom is 0.230 e. The fourth-order valence-corrected chi connectivity index (χ4v) is 5.04. The van der Waals surface area contributed by atoms with Crippen LogP contribution in [-0.4, -0.2) is 59.0 Å². The Morgan fingerprint density at radius 1 is 1.10 bits per heavy atom. The fourth-order valence-electron chi connectivity index (χ4n) is 3.95. The number of ether oxygens (including phenoxy) is 3. The van der Waals surface area contributed by atoms with Gasteiger partial charge in [0.2, 0.25) is 16.6 Å². The molecule has 1 N–H and O–H groups in total. The Hall–Kier alpha value is -2.52. The van der Waals surface area contributed by atoms with Crippen molar-refractivity contribution < 1.29 is 19.3 Å². The molecule has 0 radical (unpaired) electrons. The van der Waals surface area contributed by atoms with Crippen LogP contribution in [0.25, 0.3) is 4.96 Å². The summed E-state index contributed by atoms with van der Waals surface area (Å²) in [5, 5.41) is 15.0. The lowest BCUT2D eigenvalue weighted by Crippen LogP contribution is -2.36. The molecule has 0 bridgehead atoms. The number of aromatic hydroxyl groups is 1. The van der Waals surface area contributed by atoms with E-state index in [0.29, 0.717) is 28.1 Å². The molecular formula is C20H26N4O4S. The monoisotopic (exact) mass is 418 g/mol. The first-order chi connectivity index (χ1) is 14.1. The van der Waals surface area contributed by atoms with E-state index < -0.39 is 0 Å². The van der Waals surface area contributed by atoms with Gasteiger partial charge in [0.15, 0.2) is 11.5 Å². The molecule has 0 spiro atoms. The Morgan fingerprint density at radius 2 is 1.76 bits per heavy atom. The van der Waals surface area contributed by atoms with Gasteiger partial charge in [-0.1, -0.05) is 18.3 Å². The van der Waals surface area contributed by atoms with Gasteiger partial charge in [-0.05, 0) is 49.5 Å². The molecule has 29 heavy (non-hydrogen) atoms. The van der Waals surface area contributed by atoms with Crippen molar-refractivity contribution >= 4 is 16.3 Å². The van der Waals surface area contributed by atoms with Gasteiger partial charge in [0.1, 0.15) is 6.33 Å². The second kappa shape index (κ2) is 8.08. The van der Waals surface area contributed by atoms with Crippen molar-refractivity contribution in [2.75, 3.05) is 34.4 Å².